The van der Waals surface area contributed by atoms with Gasteiger partial charge in [0.05, 0.1) is 12.2 Å². The molecule has 0 fully saturated rings. The molecule has 0 aliphatic carbocycles. The van der Waals surface area contributed by atoms with Gasteiger partial charge in [-0.15, -0.1) is 11.3 Å². The van der Waals surface area contributed by atoms with Crippen molar-refractivity contribution in [3.8, 4) is 0 Å². The van der Waals surface area contributed by atoms with Crippen molar-refractivity contribution in [1.29, 1.82) is 0 Å². The highest BCUT2D eigenvalue weighted by molar-refractivity contribution is 7.11. The van der Waals surface area contributed by atoms with Crippen LogP contribution in [0.1, 0.15) is 36.3 Å². The summed E-state index contributed by atoms with van der Waals surface area (Å²) < 4.78 is 0. The molecule has 0 bridgehead atoms. The van der Waals surface area contributed by atoms with E-state index in [4.69, 9.17) is 0 Å². The van der Waals surface area contributed by atoms with Crippen LogP contribution in [0.4, 0.5) is 0 Å². The molecule has 2 N–H and O–H groups in total. The van der Waals surface area contributed by atoms with E-state index in [-0.39, 0.29) is 5.54 Å². The minimum Gasteiger partial charge on any atom is -0.357 e. The van der Waals surface area contributed by atoms with E-state index < -0.39 is 0 Å². The molecule has 0 aromatic carbocycles. The molecule has 0 atom stereocenters. The first-order chi connectivity index (χ1) is 9.76. The number of guanidine groups is 1. The Hall–Kier alpha value is -1.14. The minimum atomic E-state index is 0.0740. The van der Waals surface area contributed by atoms with Gasteiger partial charge < -0.3 is 15.5 Å². The lowest BCUT2D eigenvalue weighted by Gasteiger charge is -2.33. The molecule has 0 spiro atoms. The summed E-state index contributed by atoms with van der Waals surface area (Å²) in [6.07, 6.45) is 0. The molecule has 0 amide bonds. The molecule has 1 aromatic heterocycles. The Balaban J connectivity index is 2.65. The maximum atomic E-state index is 4.62. The molecule has 0 aliphatic heterocycles. The van der Waals surface area contributed by atoms with Gasteiger partial charge in [0.25, 0.3) is 0 Å². The molecule has 0 aliphatic rings. The van der Waals surface area contributed by atoms with Gasteiger partial charge in [-0.3, -0.25) is 0 Å². The largest absolute Gasteiger partial charge is 0.357 e. The lowest BCUT2D eigenvalue weighted by Crippen LogP contribution is -2.50. The number of thiazole rings is 1. The van der Waals surface area contributed by atoms with E-state index >= 15 is 0 Å². The van der Waals surface area contributed by atoms with E-state index in [1.807, 2.05) is 6.92 Å². The molecular weight excluding hydrogens is 282 g/mol. The summed E-state index contributed by atoms with van der Waals surface area (Å²) in [5.41, 5.74) is 1.18. The molecule has 1 heterocycles. The van der Waals surface area contributed by atoms with E-state index in [2.05, 4.69) is 67.3 Å². The maximum absolute atomic E-state index is 4.62. The number of nitrogens with one attached hydrogen (secondary N) is 2. The summed E-state index contributed by atoms with van der Waals surface area (Å²) in [5, 5.41) is 7.75. The van der Waals surface area contributed by atoms with E-state index in [1.54, 1.807) is 11.3 Å². The Kier molecular flexibility index (Phi) is 6.61. The second-order valence-electron chi connectivity index (χ2n) is 6.00. The van der Waals surface area contributed by atoms with Crippen molar-refractivity contribution in [3.63, 3.8) is 0 Å². The molecule has 0 saturated heterocycles. The quantitative estimate of drug-likeness (QED) is 0.624. The van der Waals surface area contributed by atoms with Gasteiger partial charge in [0.2, 0.25) is 0 Å². The lowest BCUT2D eigenvalue weighted by molar-refractivity contribution is 0.197. The molecule has 21 heavy (non-hydrogen) atoms. The van der Waals surface area contributed by atoms with Gasteiger partial charge in [-0.1, -0.05) is 0 Å². The normalized spacial score (nSPS) is 12.9. The Labute approximate surface area is 132 Å². The van der Waals surface area contributed by atoms with Crippen LogP contribution in [0.2, 0.25) is 0 Å². The SMILES string of the molecule is CCNC(=NCc1nc(C)c(C)s1)NCC(C)(C)N(C)C. The topological polar surface area (TPSA) is 52.6 Å². The van der Waals surface area contributed by atoms with E-state index in [1.165, 1.54) is 4.88 Å². The Morgan fingerprint density at radius 3 is 2.43 bits per heavy atom. The number of aliphatic imine (C=N–C) groups is 1. The van der Waals surface area contributed by atoms with Gasteiger partial charge in [-0.25, -0.2) is 9.98 Å². The summed E-state index contributed by atoms with van der Waals surface area (Å²) in [5.74, 6) is 0.845. The third-order valence-electron chi connectivity index (χ3n) is 3.69. The lowest BCUT2D eigenvalue weighted by atomic mass is 10.0. The summed E-state index contributed by atoms with van der Waals surface area (Å²) in [6, 6.07) is 0. The zero-order valence-corrected chi connectivity index (χ0v) is 15.2. The molecular formula is C15H29N5S. The van der Waals surface area contributed by atoms with Crippen molar-refractivity contribution in [2.24, 2.45) is 4.99 Å². The van der Waals surface area contributed by atoms with Crippen molar-refractivity contribution >= 4 is 17.3 Å². The standard InChI is InChI=1S/C15H29N5S/c1-8-16-14(18-10-15(4,5)20(6)7)17-9-13-19-11(2)12(3)21-13/h8-10H2,1-7H3,(H2,16,17,18). The van der Waals surface area contributed by atoms with Crippen LogP contribution in [0.3, 0.4) is 0 Å². The fraction of sp³-hybridized carbons (Fsp3) is 0.733. The number of hydrogen-bond acceptors (Lipinski definition) is 4. The molecule has 1 aromatic rings. The predicted octanol–water partition coefficient (Wildman–Crippen LogP) is 2.16. The highest BCUT2D eigenvalue weighted by Gasteiger charge is 2.20. The smallest absolute Gasteiger partial charge is 0.191 e. The van der Waals surface area contributed by atoms with Crippen LogP contribution >= 0.6 is 11.3 Å². The first kappa shape index (κ1) is 17.9. The number of hydrogen-bond donors (Lipinski definition) is 2. The van der Waals surface area contributed by atoms with Gasteiger partial charge in [0.15, 0.2) is 5.96 Å². The summed E-state index contributed by atoms with van der Waals surface area (Å²) in [6.45, 7) is 12.9. The van der Waals surface area contributed by atoms with Crippen molar-refractivity contribution in [2.45, 2.75) is 46.7 Å². The van der Waals surface area contributed by atoms with Crippen LogP contribution in [0.15, 0.2) is 4.99 Å². The predicted molar refractivity (Wildman–Crippen MR) is 92.2 cm³/mol. The second kappa shape index (κ2) is 7.75. The third-order valence-corrected chi connectivity index (χ3v) is 4.75. The Morgan fingerprint density at radius 1 is 1.29 bits per heavy atom. The minimum absolute atomic E-state index is 0.0740. The number of rotatable bonds is 6. The number of nitrogens with zero attached hydrogens (tertiary/aromatic N) is 3. The zero-order valence-electron chi connectivity index (χ0n) is 14.4. The number of aryl methyl sites for hydroxylation is 2. The number of likely N-dealkylation sites (N-methyl/N-ethyl adjacent to an activating group) is 1. The van der Waals surface area contributed by atoms with Crippen molar-refractivity contribution < 1.29 is 0 Å². The molecule has 0 saturated carbocycles. The van der Waals surface area contributed by atoms with E-state index in [0.29, 0.717) is 6.54 Å². The second-order valence-corrected chi connectivity index (χ2v) is 7.29. The van der Waals surface area contributed by atoms with Crippen LogP contribution in [0.25, 0.3) is 0 Å². The third kappa shape index (κ3) is 5.63. The maximum Gasteiger partial charge on any atom is 0.191 e. The van der Waals surface area contributed by atoms with Gasteiger partial charge in [0, 0.05) is 23.5 Å². The van der Waals surface area contributed by atoms with Crippen LogP contribution in [0, 0.1) is 13.8 Å². The average molecular weight is 311 g/mol. The van der Waals surface area contributed by atoms with Crippen LogP contribution < -0.4 is 10.6 Å². The molecule has 5 nitrogen and oxygen atoms in total. The van der Waals surface area contributed by atoms with Crippen molar-refractivity contribution in [1.82, 2.24) is 20.5 Å². The molecule has 120 valence electrons. The molecule has 1 rings (SSSR count). The van der Waals surface area contributed by atoms with E-state index in [9.17, 15) is 0 Å². The van der Waals surface area contributed by atoms with Crippen LogP contribution in [0.5, 0.6) is 0 Å². The average Bonchev–Trinajstić information content (AvgIpc) is 2.72. The van der Waals surface area contributed by atoms with Gasteiger partial charge in [-0.2, -0.15) is 0 Å². The van der Waals surface area contributed by atoms with Gasteiger partial charge in [-0.05, 0) is 48.7 Å². The van der Waals surface area contributed by atoms with Crippen molar-refractivity contribution in [3.05, 3.63) is 15.6 Å². The molecule has 6 heteroatoms. The van der Waals surface area contributed by atoms with Crippen LogP contribution in [-0.4, -0.2) is 48.6 Å². The molecule has 0 radical (unpaired) electrons. The zero-order chi connectivity index (χ0) is 16.0. The summed E-state index contributed by atoms with van der Waals surface area (Å²) in [7, 11) is 4.18. The van der Waals surface area contributed by atoms with Gasteiger partial charge in [0.1, 0.15) is 5.01 Å². The summed E-state index contributed by atoms with van der Waals surface area (Å²) in [4.78, 5) is 12.6. The monoisotopic (exact) mass is 311 g/mol. The molecule has 0 unspecified atom stereocenters. The first-order valence-electron chi connectivity index (χ1n) is 7.38. The van der Waals surface area contributed by atoms with Crippen molar-refractivity contribution in [2.75, 3.05) is 27.2 Å². The fourth-order valence-electron chi connectivity index (χ4n) is 1.55. The van der Waals surface area contributed by atoms with E-state index in [0.717, 1.165) is 29.8 Å². The fourth-order valence-corrected chi connectivity index (χ4v) is 2.41. The van der Waals surface area contributed by atoms with Crippen LogP contribution in [-0.2, 0) is 6.54 Å². The Bertz CT molecular complexity index is 457. The number of aromatic nitrogens is 1. The summed E-state index contributed by atoms with van der Waals surface area (Å²) >= 11 is 1.72. The highest BCUT2D eigenvalue weighted by atomic mass is 32.1. The Morgan fingerprint density at radius 2 is 1.95 bits per heavy atom. The highest BCUT2D eigenvalue weighted by Crippen LogP contribution is 2.17. The first-order valence-corrected chi connectivity index (χ1v) is 8.20. The van der Waals surface area contributed by atoms with Gasteiger partial charge >= 0.3 is 0 Å².